The highest BCUT2D eigenvalue weighted by atomic mass is 19.1. The smallest absolute Gasteiger partial charge is 0.142 e. The van der Waals surface area contributed by atoms with Crippen LogP contribution in [-0.4, -0.2) is 16.6 Å². The first-order valence-electron chi connectivity index (χ1n) is 6.25. The van der Waals surface area contributed by atoms with Gasteiger partial charge in [-0.25, -0.2) is 9.37 Å². The highest BCUT2D eigenvalue weighted by molar-refractivity contribution is 5.63. The quantitative estimate of drug-likeness (QED) is 0.917. The third-order valence-corrected chi connectivity index (χ3v) is 2.97. The van der Waals surface area contributed by atoms with Crippen molar-refractivity contribution in [2.75, 3.05) is 11.4 Å². The normalized spacial score (nSPS) is 10.5. The number of rotatable bonds is 4. The number of halogens is 1. The van der Waals surface area contributed by atoms with Gasteiger partial charge in [-0.2, -0.15) is 0 Å². The minimum Gasteiger partial charge on any atom is -0.392 e. The van der Waals surface area contributed by atoms with E-state index in [9.17, 15) is 9.50 Å². The predicted molar refractivity (Wildman–Crippen MR) is 74.0 cm³/mol. The minimum atomic E-state index is -0.437. The van der Waals surface area contributed by atoms with Crippen molar-refractivity contribution in [1.82, 2.24) is 4.98 Å². The van der Waals surface area contributed by atoms with Crippen LogP contribution >= 0.6 is 0 Å². The van der Waals surface area contributed by atoms with Gasteiger partial charge < -0.3 is 10.0 Å². The largest absolute Gasteiger partial charge is 0.392 e. The Morgan fingerprint density at radius 1 is 1.32 bits per heavy atom. The summed E-state index contributed by atoms with van der Waals surface area (Å²) in [4.78, 5) is 6.07. The molecule has 0 aliphatic heterocycles. The molecule has 0 aliphatic rings. The molecule has 0 spiro atoms. The molecule has 3 nitrogen and oxygen atoms in total. The number of pyridine rings is 1. The Morgan fingerprint density at radius 3 is 2.74 bits per heavy atom. The number of anilines is 2. The van der Waals surface area contributed by atoms with Gasteiger partial charge in [0.1, 0.15) is 11.6 Å². The summed E-state index contributed by atoms with van der Waals surface area (Å²) in [5.41, 5.74) is 2.61. The molecular weight excluding hydrogens is 243 g/mol. The zero-order chi connectivity index (χ0) is 13.8. The Kier molecular flexibility index (Phi) is 4.12. The van der Waals surface area contributed by atoms with Gasteiger partial charge >= 0.3 is 0 Å². The maximum atomic E-state index is 13.2. The number of aliphatic hydroxyl groups excluding tert-OH is 1. The number of hydrogen-bond acceptors (Lipinski definition) is 3. The van der Waals surface area contributed by atoms with Gasteiger partial charge in [0.15, 0.2) is 0 Å². The van der Waals surface area contributed by atoms with Crippen molar-refractivity contribution >= 4 is 11.5 Å². The first kappa shape index (κ1) is 13.5. The molecule has 1 aromatic carbocycles. The van der Waals surface area contributed by atoms with E-state index in [4.69, 9.17) is 0 Å². The van der Waals surface area contributed by atoms with Gasteiger partial charge in [-0.05, 0) is 37.6 Å². The van der Waals surface area contributed by atoms with E-state index in [0.717, 1.165) is 11.3 Å². The van der Waals surface area contributed by atoms with E-state index in [1.807, 2.05) is 43.0 Å². The van der Waals surface area contributed by atoms with Crippen LogP contribution < -0.4 is 4.90 Å². The van der Waals surface area contributed by atoms with E-state index < -0.39 is 5.82 Å². The van der Waals surface area contributed by atoms with Gasteiger partial charge in [-0.1, -0.05) is 12.1 Å². The molecular formula is C15H17FN2O. The van der Waals surface area contributed by atoms with Crippen LogP contribution in [0.15, 0.2) is 36.5 Å². The molecule has 2 aromatic rings. The number of aliphatic hydroxyl groups is 1. The van der Waals surface area contributed by atoms with Crippen molar-refractivity contribution in [3.63, 3.8) is 0 Å². The third-order valence-electron chi connectivity index (χ3n) is 2.97. The first-order chi connectivity index (χ1) is 9.15. The maximum Gasteiger partial charge on any atom is 0.142 e. The van der Waals surface area contributed by atoms with Crippen LogP contribution in [0.2, 0.25) is 0 Å². The lowest BCUT2D eigenvalue weighted by Gasteiger charge is -2.24. The third kappa shape index (κ3) is 2.90. The highest BCUT2D eigenvalue weighted by Gasteiger charge is 2.14. The first-order valence-corrected chi connectivity index (χ1v) is 6.25. The molecule has 0 saturated carbocycles. The minimum absolute atomic E-state index is 0.234. The van der Waals surface area contributed by atoms with Crippen LogP contribution in [0.25, 0.3) is 0 Å². The van der Waals surface area contributed by atoms with E-state index >= 15 is 0 Å². The van der Waals surface area contributed by atoms with E-state index in [2.05, 4.69) is 4.98 Å². The molecule has 0 atom stereocenters. The summed E-state index contributed by atoms with van der Waals surface area (Å²) in [7, 11) is 0. The highest BCUT2D eigenvalue weighted by Crippen LogP contribution is 2.27. The number of aryl methyl sites for hydroxylation is 1. The van der Waals surface area contributed by atoms with Crippen molar-refractivity contribution in [3.8, 4) is 0 Å². The second-order valence-electron chi connectivity index (χ2n) is 4.38. The average Bonchev–Trinajstić information content (AvgIpc) is 2.41. The molecule has 100 valence electrons. The second kappa shape index (κ2) is 5.80. The number of hydrogen-bond donors (Lipinski definition) is 1. The van der Waals surface area contributed by atoms with E-state index in [-0.39, 0.29) is 6.61 Å². The Labute approximate surface area is 112 Å². The van der Waals surface area contributed by atoms with Crippen LogP contribution in [0.4, 0.5) is 15.9 Å². The SMILES string of the molecule is CCN(c1cccc(C)c1)c1ncc(F)cc1CO. The topological polar surface area (TPSA) is 36.4 Å². The lowest BCUT2D eigenvalue weighted by Crippen LogP contribution is -2.19. The summed E-state index contributed by atoms with van der Waals surface area (Å²) in [6, 6.07) is 9.32. The molecule has 0 unspecified atom stereocenters. The molecule has 4 heteroatoms. The summed E-state index contributed by atoms with van der Waals surface area (Å²) in [6.45, 7) is 4.47. The average molecular weight is 260 g/mol. The van der Waals surface area contributed by atoms with Gasteiger partial charge in [0, 0.05) is 17.8 Å². The zero-order valence-electron chi connectivity index (χ0n) is 11.1. The second-order valence-corrected chi connectivity index (χ2v) is 4.38. The number of aromatic nitrogens is 1. The Hall–Kier alpha value is -1.94. The summed E-state index contributed by atoms with van der Waals surface area (Å²) >= 11 is 0. The fraction of sp³-hybridized carbons (Fsp3) is 0.267. The molecule has 0 fully saturated rings. The Balaban J connectivity index is 2.48. The van der Waals surface area contributed by atoms with E-state index in [1.54, 1.807) is 0 Å². The van der Waals surface area contributed by atoms with Crippen LogP contribution in [0.3, 0.4) is 0 Å². The lowest BCUT2D eigenvalue weighted by molar-refractivity contribution is 0.281. The summed E-state index contributed by atoms with van der Waals surface area (Å²) in [6.07, 6.45) is 1.17. The molecule has 1 aromatic heterocycles. The molecule has 0 saturated heterocycles. The Bertz CT molecular complexity index is 572. The molecule has 0 radical (unpaired) electrons. The van der Waals surface area contributed by atoms with Crippen molar-refractivity contribution in [2.45, 2.75) is 20.5 Å². The fourth-order valence-corrected chi connectivity index (χ4v) is 2.08. The number of nitrogens with zero attached hydrogens (tertiary/aromatic N) is 2. The molecule has 0 bridgehead atoms. The van der Waals surface area contributed by atoms with Crippen LogP contribution in [0.5, 0.6) is 0 Å². The molecule has 1 N–H and O–H groups in total. The van der Waals surface area contributed by atoms with Gasteiger partial charge in [0.2, 0.25) is 0 Å². The summed E-state index contributed by atoms with van der Waals surface area (Å²) in [5.74, 6) is 0.157. The van der Waals surface area contributed by atoms with Gasteiger partial charge in [0.25, 0.3) is 0 Å². The van der Waals surface area contributed by atoms with Gasteiger partial charge in [-0.15, -0.1) is 0 Å². The standard InChI is InChI=1S/C15H17FN2O/c1-3-18(14-6-4-5-11(2)7-14)15-12(10-19)8-13(16)9-17-15/h4-9,19H,3,10H2,1-2H3. The van der Waals surface area contributed by atoms with Crippen LogP contribution in [0, 0.1) is 12.7 Å². The van der Waals surface area contributed by atoms with E-state index in [1.165, 1.54) is 12.3 Å². The van der Waals surface area contributed by atoms with Crippen LogP contribution in [-0.2, 0) is 6.61 Å². The van der Waals surface area contributed by atoms with Crippen LogP contribution in [0.1, 0.15) is 18.1 Å². The van der Waals surface area contributed by atoms with E-state index in [0.29, 0.717) is 17.9 Å². The Morgan fingerprint density at radius 2 is 2.11 bits per heavy atom. The molecule has 0 amide bonds. The van der Waals surface area contributed by atoms with Gasteiger partial charge in [-0.3, -0.25) is 0 Å². The molecule has 1 heterocycles. The zero-order valence-corrected chi connectivity index (χ0v) is 11.1. The van der Waals surface area contributed by atoms with Crippen molar-refractivity contribution < 1.29 is 9.50 Å². The predicted octanol–water partition coefficient (Wildman–Crippen LogP) is 3.18. The molecule has 19 heavy (non-hydrogen) atoms. The van der Waals surface area contributed by atoms with Crippen molar-refractivity contribution in [1.29, 1.82) is 0 Å². The molecule has 2 rings (SSSR count). The van der Waals surface area contributed by atoms with Crippen molar-refractivity contribution in [3.05, 3.63) is 53.5 Å². The maximum absolute atomic E-state index is 13.2. The monoisotopic (exact) mass is 260 g/mol. The van der Waals surface area contributed by atoms with Gasteiger partial charge in [0.05, 0.1) is 12.8 Å². The summed E-state index contributed by atoms with van der Waals surface area (Å²) in [5, 5.41) is 9.36. The number of benzene rings is 1. The van der Waals surface area contributed by atoms with Crippen molar-refractivity contribution in [2.24, 2.45) is 0 Å². The fourth-order valence-electron chi connectivity index (χ4n) is 2.08. The lowest BCUT2D eigenvalue weighted by atomic mass is 10.2. The summed E-state index contributed by atoms with van der Waals surface area (Å²) < 4.78 is 13.2. The molecule has 0 aliphatic carbocycles.